The van der Waals surface area contributed by atoms with Crippen LogP contribution in [0.25, 0.3) is 0 Å². The molecule has 12 heavy (non-hydrogen) atoms. The summed E-state index contributed by atoms with van der Waals surface area (Å²) in [4.78, 5) is 0. The van der Waals surface area contributed by atoms with Gasteiger partial charge in [0.1, 0.15) is 0 Å². The van der Waals surface area contributed by atoms with E-state index in [9.17, 15) is 0 Å². The third kappa shape index (κ3) is 6.21. The zero-order valence-electron chi connectivity index (χ0n) is 8.77. The third-order valence-corrected chi connectivity index (χ3v) is 2.10. The van der Waals surface area contributed by atoms with Crippen LogP contribution in [-0.4, -0.2) is 0 Å². The van der Waals surface area contributed by atoms with Gasteiger partial charge >= 0.3 is 0 Å². The van der Waals surface area contributed by atoms with Gasteiger partial charge in [-0.2, -0.15) is 0 Å². The van der Waals surface area contributed by atoms with Gasteiger partial charge in [0.2, 0.25) is 0 Å². The topological polar surface area (TPSA) is 0 Å². The minimum Gasteiger partial charge on any atom is -0.0845 e. The van der Waals surface area contributed by atoms with Crippen LogP contribution in [0.2, 0.25) is 0 Å². The first kappa shape index (κ1) is 11.5. The van der Waals surface area contributed by atoms with Crippen molar-refractivity contribution >= 4 is 0 Å². The lowest BCUT2D eigenvalue weighted by molar-refractivity contribution is 0.814. The molecule has 0 aliphatic carbocycles. The molecule has 0 N–H and O–H groups in total. The van der Waals surface area contributed by atoms with Crippen molar-refractivity contribution in [2.24, 2.45) is 0 Å². The molecule has 0 saturated heterocycles. The molecular weight excluding hydrogens is 144 g/mol. The van der Waals surface area contributed by atoms with E-state index < -0.39 is 0 Å². The summed E-state index contributed by atoms with van der Waals surface area (Å²) in [5.41, 5.74) is 1.54. The highest BCUT2D eigenvalue weighted by molar-refractivity contribution is 5.11. The van der Waals surface area contributed by atoms with Crippen LogP contribution in [0.1, 0.15) is 52.9 Å². The number of hydrogen-bond acceptors (Lipinski definition) is 0. The van der Waals surface area contributed by atoms with E-state index in [4.69, 9.17) is 0 Å². The zero-order valence-corrected chi connectivity index (χ0v) is 8.77. The molecule has 0 heterocycles. The van der Waals surface area contributed by atoms with Crippen LogP contribution in [0.3, 0.4) is 0 Å². The maximum absolute atomic E-state index is 2.27. The van der Waals surface area contributed by atoms with E-state index >= 15 is 0 Å². The van der Waals surface area contributed by atoms with Crippen molar-refractivity contribution < 1.29 is 0 Å². The highest BCUT2D eigenvalue weighted by atomic mass is 13.9. The largest absolute Gasteiger partial charge is 0.0845 e. The molecule has 0 aromatic rings. The predicted molar refractivity (Wildman–Crippen MR) is 57.3 cm³/mol. The van der Waals surface area contributed by atoms with Crippen molar-refractivity contribution in [3.05, 3.63) is 23.8 Å². The summed E-state index contributed by atoms with van der Waals surface area (Å²) in [5.74, 6) is 0. The normalized spacial score (nSPS) is 10.6. The Morgan fingerprint density at radius 2 is 1.75 bits per heavy atom. The highest BCUT2D eigenvalue weighted by Crippen LogP contribution is 2.05. The molecule has 0 fully saturated rings. The standard InChI is InChI=1S/C12H22/c1-4-7-8-9-10-11-12(5-2)6-3/h9-11H,4-8H2,1-3H3. The zero-order chi connectivity index (χ0) is 9.23. The summed E-state index contributed by atoms with van der Waals surface area (Å²) in [6.07, 6.45) is 13.0. The molecule has 0 atom stereocenters. The molecule has 0 aliphatic heterocycles. The number of rotatable bonds is 6. The Morgan fingerprint density at radius 1 is 1.08 bits per heavy atom. The number of hydrogen-bond donors (Lipinski definition) is 0. The summed E-state index contributed by atoms with van der Waals surface area (Å²) in [7, 11) is 0. The molecule has 0 nitrogen and oxygen atoms in total. The second-order valence-electron chi connectivity index (χ2n) is 3.10. The first-order chi connectivity index (χ1) is 5.85. The van der Waals surface area contributed by atoms with Crippen molar-refractivity contribution in [2.45, 2.75) is 52.9 Å². The average molecular weight is 166 g/mol. The molecule has 0 unspecified atom stereocenters. The molecule has 70 valence electrons. The Balaban J connectivity index is 3.60. The Kier molecular flexibility index (Phi) is 8.20. The first-order valence-corrected chi connectivity index (χ1v) is 5.19. The minimum atomic E-state index is 1.19. The molecule has 0 bridgehead atoms. The lowest BCUT2D eigenvalue weighted by Gasteiger charge is -1.95. The quantitative estimate of drug-likeness (QED) is 0.403. The van der Waals surface area contributed by atoms with Gasteiger partial charge in [0.15, 0.2) is 0 Å². The van der Waals surface area contributed by atoms with Gasteiger partial charge in [-0.25, -0.2) is 0 Å². The van der Waals surface area contributed by atoms with Crippen molar-refractivity contribution in [2.75, 3.05) is 0 Å². The van der Waals surface area contributed by atoms with Gasteiger partial charge in [0.05, 0.1) is 0 Å². The predicted octanol–water partition coefficient (Wildman–Crippen LogP) is 4.48. The van der Waals surface area contributed by atoms with E-state index in [1.807, 2.05) is 0 Å². The second kappa shape index (κ2) is 8.58. The van der Waals surface area contributed by atoms with Crippen LogP contribution in [0, 0.1) is 0 Å². The summed E-state index contributed by atoms with van der Waals surface area (Å²) < 4.78 is 0. The number of unbranched alkanes of at least 4 members (excludes halogenated alkanes) is 2. The fourth-order valence-corrected chi connectivity index (χ4v) is 1.11. The van der Waals surface area contributed by atoms with E-state index in [1.54, 1.807) is 5.57 Å². The lowest BCUT2D eigenvalue weighted by atomic mass is 10.1. The van der Waals surface area contributed by atoms with Gasteiger partial charge in [-0.3, -0.25) is 0 Å². The van der Waals surface area contributed by atoms with Crippen LogP contribution in [0.15, 0.2) is 23.8 Å². The molecule has 0 spiro atoms. The smallest absolute Gasteiger partial charge is 0.0346 e. The van der Waals surface area contributed by atoms with E-state index in [0.717, 1.165) is 0 Å². The van der Waals surface area contributed by atoms with Crippen molar-refractivity contribution in [3.63, 3.8) is 0 Å². The fourth-order valence-electron chi connectivity index (χ4n) is 1.11. The number of allylic oxidation sites excluding steroid dienone is 4. The van der Waals surface area contributed by atoms with Gasteiger partial charge in [-0.15, -0.1) is 0 Å². The Hall–Kier alpha value is -0.520. The van der Waals surface area contributed by atoms with Gasteiger partial charge in [-0.1, -0.05) is 57.4 Å². The molecule has 0 saturated carbocycles. The van der Waals surface area contributed by atoms with E-state index in [0.29, 0.717) is 0 Å². The first-order valence-electron chi connectivity index (χ1n) is 5.19. The maximum atomic E-state index is 2.27. The SMILES string of the molecule is CCCCC=CC=C(CC)CC. The maximum Gasteiger partial charge on any atom is -0.0346 e. The van der Waals surface area contributed by atoms with Gasteiger partial charge in [-0.05, 0) is 19.3 Å². The molecule has 0 amide bonds. The molecule has 0 aromatic heterocycles. The van der Waals surface area contributed by atoms with Crippen LogP contribution in [0.5, 0.6) is 0 Å². The molecule has 0 aromatic carbocycles. The summed E-state index contributed by atoms with van der Waals surface area (Å²) in [5, 5.41) is 0. The minimum absolute atomic E-state index is 1.19. The van der Waals surface area contributed by atoms with Crippen LogP contribution >= 0.6 is 0 Å². The Morgan fingerprint density at radius 3 is 2.25 bits per heavy atom. The van der Waals surface area contributed by atoms with Gasteiger partial charge in [0.25, 0.3) is 0 Å². The van der Waals surface area contributed by atoms with Crippen LogP contribution < -0.4 is 0 Å². The molecule has 0 heteroatoms. The van der Waals surface area contributed by atoms with Crippen LogP contribution in [-0.2, 0) is 0 Å². The Bertz CT molecular complexity index is 134. The highest BCUT2D eigenvalue weighted by Gasteiger charge is 1.85. The van der Waals surface area contributed by atoms with Crippen molar-refractivity contribution in [1.82, 2.24) is 0 Å². The molecular formula is C12H22. The summed E-state index contributed by atoms with van der Waals surface area (Å²) >= 11 is 0. The fraction of sp³-hybridized carbons (Fsp3) is 0.667. The van der Waals surface area contributed by atoms with Crippen LogP contribution in [0.4, 0.5) is 0 Å². The van der Waals surface area contributed by atoms with Gasteiger partial charge in [0, 0.05) is 0 Å². The van der Waals surface area contributed by atoms with E-state index in [1.165, 1.54) is 32.1 Å². The monoisotopic (exact) mass is 166 g/mol. The van der Waals surface area contributed by atoms with E-state index in [2.05, 4.69) is 39.0 Å². The van der Waals surface area contributed by atoms with E-state index in [-0.39, 0.29) is 0 Å². The summed E-state index contributed by atoms with van der Waals surface area (Å²) in [6.45, 7) is 6.66. The third-order valence-electron chi connectivity index (χ3n) is 2.10. The molecule has 0 aliphatic rings. The summed E-state index contributed by atoms with van der Waals surface area (Å²) in [6, 6.07) is 0. The molecule has 0 rings (SSSR count). The lowest BCUT2D eigenvalue weighted by Crippen LogP contribution is -1.74. The second-order valence-corrected chi connectivity index (χ2v) is 3.10. The van der Waals surface area contributed by atoms with Crippen molar-refractivity contribution in [1.29, 1.82) is 0 Å². The van der Waals surface area contributed by atoms with Crippen molar-refractivity contribution in [3.8, 4) is 0 Å². The van der Waals surface area contributed by atoms with Gasteiger partial charge < -0.3 is 0 Å². The average Bonchev–Trinajstić information content (AvgIpc) is 2.11. The Labute approximate surface area is 77.4 Å². The molecule has 0 radical (unpaired) electrons.